The highest BCUT2D eigenvalue weighted by Gasteiger charge is 2.13. The number of hydrogen-bond acceptors (Lipinski definition) is 2. The van der Waals surface area contributed by atoms with E-state index >= 15 is 0 Å². The number of nitrogens with one attached hydrogen (secondary N) is 1. The van der Waals surface area contributed by atoms with E-state index < -0.39 is 0 Å². The van der Waals surface area contributed by atoms with Gasteiger partial charge in [0.05, 0.1) is 5.69 Å². The number of hydrogen-bond donors (Lipinski definition) is 1. The van der Waals surface area contributed by atoms with Gasteiger partial charge in [0, 0.05) is 18.8 Å². The zero-order valence-corrected chi connectivity index (χ0v) is 9.00. The maximum atomic E-state index is 4.28. The fourth-order valence-electron chi connectivity index (χ4n) is 1.88. The maximum Gasteiger partial charge on any atom is 0.0541 e. The van der Waals surface area contributed by atoms with E-state index in [2.05, 4.69) is 16.4 Å². The van der Waals surface area contributed by atoms with Crippen molar-refractivity contribution in [2.45, 2.75) is 38.3 Å². The first-order valence-electron chi connectivity index (χ1n) is 5.08. The zero-order chi connectivity index (χ0) is 8.93. The van der Waals surface area contributed by atoms with Gasteiger partial charge in [-0.15, -0.1) is 0 Å². The van der Waals surface area contributed by atoms with Gasteiger partial charge in [-0.05, 0) is 25.0 Å². The summed E-state index contributed by atoms with van der Waals surface area (Å²) < 4.78 is 0. The molecule has 0 amide bonds. The Balaban J connectivity index is 0.000000980. The third-order valence-corrected chi connectivity index (χ3v) is 2.65. The fourth-order valence-corrected chi connectivity index (χ4v) is 1.88. The van der Waals surface area contributed by atoms with Crippen molar-refractivity contribution in [3.05, 3.63) is 30.1 Å². The van der Waals surface area contributed by atoms with E-state index in [-0.39, 0.29) is 12.4 Å². The lowest BCUT2D eigenvalue weighted by Crippen LogP contribution is -3.00. The van der Waals surface area contributed by atoms with E-state index in [9.17, 15) is 0 Å². The molecule has 1 N–H and O–H groups in total. The highest BCUT2D eigenvalue weighted by atomic mass is 35.5. The average Bonchev–Trinajstić information content (AvgIpc) is 2.69. The van der Waals surface area contributed by atoms with Crippen LogP contribution in [0.5, 0.6) is 0 Å². The van der Waals surface area contributed by atoms with Gasteiger partial charge in [0.25, 0.3) is 0 Å². The molecule has 78 valence electrons. The molecular weight excluding hydrogens is 196 g/mol. The summed E-state index contributed by atoms with van der Waals surface area (Å²) in [6.07, 6.45) is 7.31. The molecule has 14 heavy (non-hydrogen) atoms. The Bertz CT molecular complexity index is 245. The normalized spacial score (nSPS) is 16.6. The first-order chi connectivity index (χ1) is 6.45. The maximum absolute atomic E-state index is 4.28. The molecular formula is C11H16ClN2-. The Kier molecular flexibility index (Phi) is 4.91. The first kappa shape index (κ1) is 11.5. The van der Waals surface area contributed by atoms with Crippen molar-refractivity contribution in [1.82, 2.24) is 10.3 Å². The summed E-state index contributed by atoms with van der Waals surface area (Å²) in [5.74, 6) is 0. The Morgan fingerprint density at radius 3 is 2.71 bits per heavy atom. The molecule has 0 aromatic carbocycles. The van der Waals surface area contributed by atoms with Crippen molar-refractivity contribution in [3.63, 3.8) is 0 Å². The van der Waals surface area contributed by atoms with Crippen LogP contribution in [0, 0.1) is 0 Å². The second-order valence-electron chi connectivity index (χ2n) is 3.68. The first-order valence-corrected chi connectivity index (χ1v) is 5.08. The van der Waals surface area contributed by atoms with E-state index in [0.29, 0.717) is 0 Å². The minimum atomic E-state index is 0. The van der Waals surface area contributed by atoms with E-state index in [1.54, 1.807) is 0 Å². The van der Waals surface area contributed by atoms with Gasteiger partial charge in [0.2, 0.25) is 0 Å². The number of halogens is 1. The molecule has 0 spiro atoms. The highest BCUT2D eigenvalue weighted by molar-refractivity contribution is 5.03. The third-order valence-electron chi connectivity index (χ3n) is 2.65. The fraction of sp³-hybridized carbons (Fsp3) is 0.545. The largest absolute Gasteiger partial charge is 1.00 e. The second-order valence-corrected chi connectivity index (χ2v) is 3.68. The molecule has 1 aliphatic carbocycles. The quantitative estimate of drug-likeness (QED) is 0.703. The Morgan fingerprint density at radius 2 is 2.07 bits per heavy atom. The molecule has 0 unspecified atom stereocenters. The van der Waals surface area contributed by atoms with Crippen LogP contribution < -0.4 is 17.7 Å². The number of rotatable bonds is 3. The topological polar surface area (TPSA) is 24.9 Å². The van der Waals surface area contributed by atoms with Crippen LogP contribution in [0.1, 0.15) is 31.4 Å². The van der Waals surface area contributed by atoms with Gasteiger partial charge in [-0.25, -0.2) is 0 Å². The average molecular weight is 212 g/mol. The van der Waals surface area contributed by atoms with Crippen molar-refractivity contribution in [2.75, 3.05) is 0 Å². The van der Waals surface area contributed by atoms with E-state index in [0.717, 1.165) is 18.3 Å². The summed E-state index contributed by atoms with van der Waals surface area (Å²) in [5, 5.41) is 3.54. The Labute approximate surface area is 91.5 Å². The smallest absolute Gasteiger partial charge is 0.0541 e. The molecule has 3 heteroatoms. The Hall–Kier alpha value is -0.600. The highest BCUT2D eigenvalue weighted by Crippen LogP contribution is 2.17. The summed E-state index contributed by atoms with van der Waals surface area (Å²) in [5.41, 5.74) is 1.15. The number of pyridine rings is 1. The molecule has 0 radical (unpaired) electrons. The van der Waals surface area contributed by atoms with Gasteiger partial charge in [-0.2, -0.15) is 0 Å². The molecule has 1 aliphatic rings. The van der Waals surface area contributed by atoms with Crippen molar-refractivity contribution < 1.29 is 12.4 Å². The van der Waals surface area contributed by atoms with Gasteiger partial charge in [-0.1, -0.05) is 18.9 Å². The lowest BCUT2D eigenvalue weighted by Gasteiger charge is -2.10. The summed E-state index contributed by atoms with van der Waals surface area (Å²) in [4.78, 5) is 4.28. The van der Waals surface area contributed by atoms with Crippen LogP contribution in [0.3, 0.4) is 0 Å². The van der Waals surface area contributed by atoms with Crippen LogP contribution in [0.25, 0.3) is 0 Å². The minimum Gasteiger partial charge on any atom is -1.00 e. The molecule has 1 heterocycles. The SMILES string of the molecule is [Cl-].c1ccc(CNC2CCCC2)nc1. The van der Waals surface area contributed by atoms with Crippen LogP contribution in [0.4, 0.5) is 0 Å². The van der Waals surface area contributed by atoms with E-state index in [1.807, 2.05) is 18.3 Å². The Morgan fingerprint density at radius 1 is 1.29 bits per heavy atom. The number of aromatic nitrogens is 1. The predicted octanol–water partition coefficient (Wildman–Crippen LogP) is -0.882. The van der Waals surface area contributed by atoms with Crippen molar-refractivity contribution in [1.29, 1.82) is 0 Å². The lowest BCUT2D eigenvalue weighted by molar-refractivity contribution is -0.00000285. The van der Waals surface area contributed by atoms with Crippen LogP contribution in [0.2, 0.25) is 0 Å². The molecule has 1 saturated carbocycles. The summed E-state index contributed by atoms with van der Waals surface area (Å²) in [6.45, 7) is 0.922. The molecule has 2 nitrogen and oxygen atoms in total. The summed E-state index contributed by atoms with van der Waals surface area (Å²) in [7, 11) is 0. The van der Waals surface area contributed by atoms with Crippen molar-refractivity contribution in [2.24, 2.45) is 0 Å². The molecule has 1 aromatic heterocycles. The summed E-state index contributed by atoms with van der Waals surface area (Å²) in [6, 6.07) is 6.81. The van der Waals surface area contributed by atoms with E-state index in [1.165, 1.54) is 25.7 Å². The van der Waals surface area contributed by atoms with Gasteiger partial charge in [0.15, 0.2) is 0 Å². The minimum absolute atomic E-state index is 0. The molecule has 0 saturated heterocycles. The molecule has 2 rings (SSSR count). The van der Waals surface area contributed by atoms with Crippen LogP contribution in [0.15, 0.2) is 24.4 Å². The van der Waals surface area contributed by atoms with Gasteiger partial charge < -0.3 is 17.7 Å². The van der Waals surface area contributed by atoms with Crippen molar-refractivity contribution in [3.8, 4) is 0 Å². The monoisotopic (exact) mass is 211 g/mol. The molecule has 1 aromatic rings. The van der Waals surface area contributed by atoms with Crippen LogP contribution in [-0.4, -0.2) is 11.0 Å². The van der Waals surface area contributed by atoms with Gasteiger partial charge in [-0.3, -0.25) is 4.98 Å². The van der Waals surface area contributed by atoms with E-state index in [4.69, 9.17) is 0 Å². The van der Waals surface area contributed by atoms with Gasteiger partial charge in [0.1, 0.15) is 0 Å². The molecule has 1 fully saturated rings. The van der Waals surface area contributed by atoms with Crippen LogP contribution >= 0.6 is 0 Å². The second kappa shape index (κ2) is 5.99. The summed E-state index contributed by atoms with van der Waals surface area (Å²) >= 11 is 0. The van der Waals surface area contributed by atoms with Crippen LogP contribution in [-0.2, 0) is 6.54 Å². The standard InChI is InChI=1S/C11H16N2.ClH/c1-2-6-10(5-1)13-9-11-7-3-4-8-12-11;/h3-4,7-8,10,13H,1-2,5-6,9H2;1H/p-1. The lowest BCUT2D eigenvalue weighted by atomic mass is 10.2. The van der Waals surface area contributed by atoms with Gasteiger partial charge >= 0.3 is 0 Å². The predicted molar refractivity (Wildman–Crippen MR) is 53.3 cm³/mol. The molecule has 0 atom stereocenters. The zero-order valence-electron chi connectivity index (χ0n) is 8.25. The third kappa shape index (κ3) is 3.28. The van der Waals surface area contributed by atoms with Crippen molar-refractivity contribution >= 4 is 0 Å². The molecule has 0 bridgehead atoms. The number of nitrogens with zero attached hydrogens (tertiary/aromatic N) is 1. The molecule has 0 aliphatic heterocycles.